The zero-order valence-electron chi connectivity index (χ0n) is 19.8. The van der Waals surface area contributed by atoms with Crippen LogP contribution in [0.2, 0.25) is 0 Å². The van der Waals surface area contributed by atoms with E-state index in [-0.39, 0.29) is 13.5 Å². The Bertz CT molecular complexity index is 571. The Morgan fingerprint density at radius 3 is 2.74 bits per heavy atom. The minimum Gasteiger partial charge on any atom is -0.393 e. The van der Waals surface area contributed by atoms with Gasteiger partial charge in [-0.2, -0.15) is 0 Å². The summed E-state index contributed by atoms with van der Waals surface area (Å²) in [5.41, 5.74) is 3.75. The molecule has 0 spiro atoms. The Balaban J connectivity index is 0.00000341. The van der Waals surface area contributed by atoms with Gasteiger partial charge in [0, 0.05) is 12.3 Å². The van der Waals surface area contributed by atoms with Crippen molar-refractivity contribution in [3.63, 3.8) is 0 Å². The molecule has 0 aromatic heterocycles. The number of nitrogens with one attached hydrogen (secondary N) is 1. The quantitative estimate of drug-likeness (QED) is 0.246. The number of allylic oxidation sites excluding steroid dienone is 3. The van der Waals surface area contributed by atoms with E-state index in [1.165, 1.54) is 94.9 Å². The Labute approximate surface area is 198 Å². The third kappa shape index (κ3) is 7.93. The van der Waals surface area contributed by atoms with Gasteiger partial charge in [-0.15, -0.1) is 0 Å². The maximum absolute atomic E-state index is 9.96. The molecule has 31 heavy (non-hydrogen) atoms. The molecule has 0 bridgehead atoms. The van der Waals surface area contributed by atoms with Crippen molar-refractivity contribution in [2.24, 2.45) is 17.3 Å². The number of fused-ring (bicyclic) bond motifs is 1. The van der Waals surface area contributed by atoms with Gasteiger partial charge in [0.1, 0.15) is 0 Å². The van der Waals surface area contributed by atoms with Crippen molar-refractivity contribution in [1.29, 1.82) is 0 Å². The van der Waals surface area contributed by atoms with E-state index in [2.05, 4.69) is 30.7 Å². The average molecular weight is 450 g/mol. The summed E-state index contributed by atoms with van der Waals surface area (Å²) in [5, 5.41) is 9.96. The predicted molar refractivity (Wildman–Crippen MR) is 139 cm³/mol. The lowest BCUT2D eigenvalue weighted by molar-refractivity contribution is 0.127. The summed E-state index contributed by atoms with van der Waals surface area (Å²) < 4.78 is 3.54. The molecule has 2 nitrogen and oxygen atoms in total. The van der Waals surface area contributed by atoms with Crippen molar-refractivity contribution in [2.75, 3.05) is 12.3 Å². The van der Waals surface area contributed by atoms with Crippen LogP contribution in [-0.2, 0) is 0 Å². The molecule has 3 fully saturated rings. The maximum atomic E-state index is 9.96. The zero-order valence-corrected chi connectivity index (χ0v) is 20.6. The largest absolute Gasteiger partial charge is 0.393 e. The molecular weight excluding hydrogens is 398 g/mol. The molecule has 180 valence electrons. The molecule has 0 saturated heterocycles. The van der Waals surface area contributed by atoms with Gasteiger partial charge in [-0.25, -0.2) is 0 Å². The van der Waals surface area contributed by atoms with Crippen molar-refractivity contribution in [3.8, 4) is 0 Å². The number of rotatable bonds is 11. The van der Waals surface area contributed by atoms with Crippen molar-refractivity contribution in [3.05, 3.63) is 23.3 Å². The molecule has 0 aromatic carbocycles. The molecule has 0 aliphatic heterocycles. The summed E-state index contributed by atoms with van der Waals surface area (Å²) >= 11 is 1.92. The van der Waals surface area contributed by atoms with Crippen LogP contribution in [0.3, 0.4) is 0 Å². The van der Waals surface area contributed by atoms with Gasteiger partial charge in [0.05, 0.1) is 6.10 Å². The van der Waals surface area contributed by atoms with Gasteiger partial charge < -0.3 is 5.11 Å². The van der Waals surface area contributed by atoms with Gasteiger partial charge in [-0.1, -0.05) is 75.8 Å². The first-order valence-corrected chi connectivity index (χ1v) is 14.0. The summed E-state index contributed by atoms with van der Waals surface area (Å²) in [6.45, 7) is 6.06. The van der Waals surface area contributed by atoms with Crippen LogP contribution < -0.4 is 4.72 Å². The van der Waals surface area contributed by atoms with Crippen LogP contribution in [0.4, 0.5) is 0 Å². The van der Waals surface area contributed by atoms with Gasteiger partial charge in [-0.3, -0.25) is 4.72 Å². The van der Waals surface area contributed by atoms with Crippen molar-refractivity contribution < 1.29 is 5.11 Å². The standard InChI is InChI=1S/C27H47NOS.CH4/c1-3-4-20-30-28-19-7-5-6-12-24-16-17-26-23(11-9-18-27(24,26)2)15-14-22-10-8-13-25(29)21-22;/h14-15,24-26,28-29H,3-13,16-21H2,1-2H3;1H4/b22-14-,23-15+;. The monoisotopic (exact) mass is 449 g/mol. The summed E-state index contributed by atoms with van der Waals surface area (Å²) in [6, 6.07) is 0. The van der Waals surface area contributed by atoms with Gasteiger partial charge in [0.25, 0.3) is 0 Å². The molecule has 3 heteroatoms. The minimum atomic E-state index is -0.0963. The van der Waals surface area contributed by atoms with E-state index in [1.807, 2.05) is 11.9 Å². The SMILES string of the molecule is C.CCCCSNCCCCCC1CCC2/C(=C/C=C3/CCCC(O)C3)CCCC12C. The normalized spacial score (nSPS) is 33.5. The van der Waals surface area contributed by atoms with Crippen molar-refractivity contribution in [1.82, 2.24) is 4.72 Å². The molecule has 2 N–H and O–H groups in total. The number of aliphatic hydroxyl groups is 1. The highest BCUT2D eigenvalue weighted by Gasteiger charge is 2.48. The topological polar surface area (TPSA) is 32.3 Å². The summed E-state index contributed by atoms with van der Waals surface area (Å²) in [5.74, 6) is 3.01. The molecule has 0 aromatic rings. The Morgan fingerprint density at radius 1 is 1.06 bits per heavy atom. The van der Waals surface area contributed by atoms with Crippen LogP contribution in [0.1, 0.15) is 118 Å². The smallest absolute Gasteiger partial charge is 0.0577 e. The van der Waals surface area contributed by atoms with Gasteiger partial charge in [0.15, 0.2) is 0 Å². The lowest BCUT2D eigenvalue weighted by atomic mass is 9.62. The van der Waals surface area contributed by atoms with Gasteiger partial charge in [0.2, 0.25) is 0 Å². The predicted octanol–water partition coefficient (Wildman–Crippen LogP) is 8.22. The van der Waals surface area contributed by atoms with Crippen LogP contribution in [0, 0.1) is 17.3 Å². The van der Waals surface area contributed by atoms with Crippen LogP contribution in [0.15, 0.2) is 23.3 Å². The highest BCUT2D eigenvalue weighted by molar-refractivity contribution is 7.97. The first kappa shape index (κ1) is 27.0. The first-order valence-electron chi connectivity index (χ1n) is 13.0. The maximum Gasteiger partial charge on any atom is 0.0577 e. The summed E-state index contributed by atoms with van der Waals surface area (Å²) in [4.78, 5) is 0. The number of unbranched alkanes of at least 4 members (excludes halogenated alkanes) is 3. The molecule has 4 unspecified atom stereocenters. The van der Waals surface area contributed by atoms with Crippen LogP contribution in [-0.4, -0.2) is 23.5 Å². The molecule has 3 aliphatic rings. The van der Waals surface area contributed by atoms with Gasteiger partial charge in [-0.05, 0) is 94.3 Å². The molecule has 3 rings (SSSR count). The van der Waals surface area contributed by atoms with Crippen molar-refractivity contribution >= 4 is 11.9 Å². The molecule has 3 saturated carbocycles. The second-order valence-corrected chi connectivity index (χ2v) is 11.4. The highest BCUT2D eigenvalue weighted by Crippen LogP contribution is 2.58. The Morgan fingerprint density at radius 2 is 1.94 bits per heavy atom. The number of hydrogen-bond donors (Lipinski definition) is 2. The molecule has 0 amide bonds. The van der Waals surface area contributed by atoms with Crippen LogP contribution in [0.5, 0.6) is 0 Å². The fraction of sp³-hybridized carbons (Fsp3) is 0.857. The first-order chi connectivity index (χ1) is 14.6. The Kier molecular flexibility index (Phi) is 12.3. The lowest BCUT2D eigenvalue weighted by Crippen LogP contribution is -2.33. The van der Waals surface area contributed by atoms with E-state index in [9.17, 15) is 5.11 Å². The molecule has 0 heterocycles. The third-order valence-corrected chi connectivity index (χ3v) is 9.16. The number of aliphatic hydroxyl groups excluding tert-OH is 1. The highest BCUT2D eigenvalue weighted by atomic mass is 32.2. The Hall–Kier alpha value is -0.250. The van der Waals surface area contributed by atoms with E-state index >= 15 is 0 Å². The molecule has 3 aliphatic carbocycles. The summed E-state index contributed by atoms with van der Waals surface area (Å²) in [6.07, 6.45) is 24.2. The van der Waals surface area contributed by atoms with Gasteiger partial charge >= 0.3 is 0 Å². The van der Waals surface area contributed by atoms with E-state index in [0.717, 1.165) is 31.1 Å². The molecule has 4 atom stereocenters. The molecular formula is C28H51NOS. The second-order valence-electron chi connectivity index (χ2n) is 10.4. The minimum absolute atomic E-state index is 0. The van der Waals surface area contributed by atoms with E-state index in [1.54, 1.807) is 5.57 Å². The van der Waals surface area contributed by atoms with Crippen molar-refractivity contribution in [2.45, 2.75) is 124 Å². The third-order valence-electron chi connectivity index (χ3n) is 8.26. The fourth-order valence-electron chi connectivity index (χ4n) is 6.39. The average Bonchev–Trinajstić information content (AvgIpc) is 3.08. The van der Waals surface area contributed by atoms with Crippen LogP contribution in [0.25, 0.3) is 0 Å². The second kappa shape index (κ2) is 14.1. The van der Waals surface area contributed by atoms with E-state index in [0.29, 0.717) is 5.41 Å². The number of hydrogen-bond acceptors (Lipinski definition) is 3. The summed E-state index contributed by atoms with van der Waals surface area (Å²) in [7, 11) is 0. The van der Waals surface area contributed by atoms with E-state index < -0.39 is 0 Å². The lowest BCUT2D eigenvalue weighted by Gasteiger charge is -2.42. The zero-order chi connectivity index (χ0) is 21.2. The fourth-order valence-corrected chi connectivity index (χ4v) is 7.26. The molecule has 0 radical (unpaired) electrons. The van der Waals surface area contributed by atoms with E-state index in [4.69, 9.17) is 0 Å². The van der Waals surface area contributed by atoms with Crippen LogP contribution >= 0.6 is 11.9 Å².